The fourth-order valence-corrected chi connectivity index (χ4v) is 2.46. The summed E-state index contributed by atoms with van der Waals surface area (Å²) >= 11 is 4.84. The van der Waals surface area contributed by atoms with Gasteiger partial charge < -0.3 is 20.7 Å². The van der Waals surface area contributed by atoms with Crippen LogP contribution >= 0.6 is 12.2 Å². The second-order valence-corrected chi connectivity index (χ2v) is 6.55. The molecule has 1 rings (SSSR count). The van der Waals surface area contributed by atoms with Crippen molar-refractivity contribution in [2.45, 2.75) is 64.1 Å². The van der Waals surface area contributed by atoms with Crippen LogP contribution in [0.3, 0.4) is 0 Å². The Morgan fingerprint density at radius 2 is 1.84 bits per heavy atom. The molecule has 0 aromatic rings. The van der Waals surface area contributed by atoms with Gasteiger partial charge in [0.05, 0.1) is 0 Å². The van der Waals surface area contributed by atoms with Crippen LogP contribution in [0.2, 0.25) is 0 Å². The van der Waals surface area contributed by atoms with Gasteiger partial charge in [0, 0.05) is 19.1 Å². The summed E-state index contributed by atoms with van der Waals surface area (Å²) in [5.74, 6) is 0. The van der Waals surface area contributed by atoms with Crippen molar-refractivity contribution in [1.29, 1.82) is 0 Å². The predicted molar refractivity (Wildman–Crippen MR) is 80.0 cm³/mol. The molecule has 3 N–H and O–H groups in total. The minimum Gasteiger partial charge on any atom is -0.444 e. The Hall–Kier alpha value is -1.04. The van der Waals surface area contributed by atoms with Crippen molar-refractivity contribution in [3.05, 3.63) is 0 Å². The highest BCUT2D eigenvalue weighted by Crippen LogP contribution is 2.23. The topological polar surface area (TPSA) is 67.6 Å². The number of carbonyl (C=O) groups excluding carboxylic acids is 1. The van der Waals surface area contributed by atoms with Gasteiger partial charge in [0.1, 0.15) is 5.60 Å². The average Bonchev–Trinajstić information content (AvgIpc) is 2.26. The summed E-state index contributed by atoms with van der Waals surface area (Å²) in [6, 6.07) is 0.569. The highest BCUT2D eigenvalue weighted by molar-refractivity contribution is 7.80. The number of thiocarbonyl (C=S) groups is 1. The molecule has 0 radical (unpaired) electrons. The van der Waals surface area contributed by atoms with Gasteiger partial charge in [-0.25, -0.2) is 4.79 Å². The van der Waals surface area contributed by atoms with Gasteiger partial charge in [-0.05, 0) is 58.7 Å². The Morgan fingerprint density at radius 1 is 1.32 bits per heavy atom. The second kappa shape index (κ2) is 6.41. The van der Waals surface area contributed by atoms with E-state index in [0.29, 0.717) is 11.2 Å². The van der Waals surface area contributed by atoms with Crippen LogP contribution < -0.4 is 11.1 Å². The molecular formula is C13H25N3O2S. The molecular weight excluding hydrogens is 262 g/mol. The fourth-order valence-electron chi connectivity index (χ4n) is 2.29. The fraction of sp³-hybridized carbons (Fsp3) is 0.846. The Balaban J connectivity index is 2.42. The summed E-state index contributed by atoms with van der Waals surface area (Å²) in [5.41, 5.74) is 5.02. The third-order valence-electron chi connectivity index (χ3n) is 3.27. The molecule has 1 amide bonds. The first kappa shape index (κ1) is 16.0. The van der Waals surface area contributed by atoms with E-state index in [1.165, 1.54) is 0 Å². The zero-order valence-corrected chi connectivity index (χ0v) is 13.0. The lowest BCUT2D eigenvalue weighted by Crippen LogP contribution is -2.46. The number of ether oxygens (including phenoxy) is 1. The molecule has 6 heteroatoms. The van der Waals surface area contributed by atoms with Crippen LogP contribution in [0.15, 0.2) is 0 Å². The molecule has 1 saturated carbocycles. The van der Waals surface area contributed by atoms with Gasteiger partial charge >= 0.3 is 6.09 Å². The lowest BCUT2D eigenvalue weighted by Gasteiger charge is -2.35. The Labute approximate surface area is 120 Å². The molecule has 1 aliphatic rings. The number of carbonyl (C=O) groups is 1. The normalized spacial score (nSPS) is 23.6. The van der Waals surface area contributed by atoms with Crippen LogP contribution in [0.5, 0.6) is 0 Å². The summed E-state index contributed by atoms with van der Waals surface area (Å²) in [7, 11) is 1.81. The van der Waals surface area contributed by atoms with Crippen molar-refractivity contribution in [2.75, 3.05) is 7.05 Å². The lowest BCUT2D eigenvalue weighted by molar-refractivity contribution is 0.0181. The smallest absolute Gasteiger partial charge is 0.410 e. The van der Waals surface area contributed by atoms with E-state index >= 15 is 0 Å². The molecule has 19 heavy (non-hydrogen) atoms. The molecule has 0 atom stereocenters. The summed E-state index contributed by atoms with van der Waals surface area (Å²) in [4.78, 5) is 13.7. The molecule has 5 nitrogen and oxygen atoms in total. The van der Waals surface area contributed by atoms with Gasteiger partial charge in [-0.2, -0.15) is 0 Å². The SMILES string of the molecule is CN(C(=O)OC(C)(C)C)[C@H]1CC[C@H](NC(N)=S)CC1. The molecule has 1 fully saturated rings. The van der Waals surface area contributed by atoms with Crippen molar-refractivity contribution < 1.29 is 9.53 Å². The van der Waals surface area contributed by atoms with Crippen LogP contribution in [0.25, 0.3) is 0 Å². The number of amides is 1. The first-order valence-electron chi connectivity index (χ1n) is 6.71. The molecule has 0 unspecified atom stereocenters. The number of hydrogen-bond acceptors (Lipinski definition) is 3. The van der Waals surface area contributed by atoms with E-state index in [-0.39, 0.29) is 12.1 Å². The number of hydrogen-bond donors (Lipinski definition) is 2. The molecule has 0 aromatic carbocycles. The number of nitrogens with one attached hydrogen (secondary N) is 1. The maximum absolute atomic E-state index is 12.0. The summed E-state index contributed by atoms with van der Waals surface area (Å²) in [6.45, 7) is 5.63. The van der Waals surface area contributed by atoms with Crippen molar-refractivity contribution in [3.8, 4) is 0 Å². The van der Waals surface area contributed by atoms with Gasteiger partial charge in [-0.1, -0.05) is 0 Å². The summed E-state index contributed by atoms with van der Waals surface area (Å²) < 4.78 is 5.37. The quantitative estimate of drug-likeness (QED) is 0.760. The zero-order valence-electron chi connectivity index (χ0n) is 12.2. The molecule has 110 valence electrons. The van der Waals surface area contributed by atoms with E-state index in [0.717, 1.165) is 25.7 Å². The second-order valence-electron chi connectivity index (χ2n) is 6.11. The van der Waals surface area contributed by atoms with Gasteiger partial charge in [0.15, 0.2) is 5.11 Å². The third-order valence-corrected chi connectivity index (χ3v) is 3.39. The zero-order chi connectivity index (χ0) is 14.6. The standard InChI is InChI=1S/C13H25N3O2S/c1-13(2,3)18-12(17)16(4)10-7-5-9(6-8-10)15-11(14)19/h9-10H,5-8H2,1-4H3,(H3,14,15,19)/t9-,10-. The van der Waals surface area contributed by atoms with Crippen LogP contribution in [-0.4, -0.2) is 40.8 Å². The van der Waals surface area contributed by atoms with Crippen LogP contribution in [-0.2, 0) is 4.74 Å². The van der Waals surface area contributed by atoms with Crippen molar-refractivity contribution in [2.24, 2.45) is 5.73 Å². The van der Waals surface area contributed by atoms with E-state index in [4.69, 9.17) is 22.7 Å². The lowest BCUT2D eigenvalue weighted by atomic mass is 9.90. The highest BCUT2D eigenvalue weighted by Gasteiger charge is 2.29. The summed E-state index contributed by atoms with van der Waals surface area (Å²) in [5, 5.41) is 3.43. The Kier molecular flexibility index (Phi) is 5.40. The van der Waals surface area contributed by atoms with Crippen molar-refractivity contribution >= 4 is 23.4 Å². The predicted octanol–water partition coefficient (Wildman–Crippen LogP) is 2.00. The summed E-state index contributed by atoms with van der Waals surface area (Å²) in [6.07, 6.45) is 3.56. The van der Waals surface area contributed by atoms with Gasteiger partial charge in [0.25, 0.3) is 0 Å². The van der Waals surface area contributed by atoms with E-state index in [9.17, 15) is 4.79 Å². The van der Waals surface area contributed by atoms with Gasteiger partial charge in [-0.15, -0.1) is 0 Å². The largest absolute Gasteiger partial charge is 0.444 e. The van der Waals surface area contributed by atoms with Crippen molar-refractivity contribution in [3.63, 3.8) is 0 Å². The molecule has 0 aliphatic heterocycles. The minimum atomic E-state index is -0.449. The molecule has 0 saturated heterocycles. The highest BCUT2D eigenvalue weighted by atomic mass is 32.1. The molecule has 0 heterocycles. The average molecular weight is 287 g/mol. The van der Waals surface area contributed by atoms with Crippen molar-refractivity contribution in [1.82, 2.24) is 10.2 Å². The minimum absolute atomic E-state index is 0.235. The third kappa shape index (κ3) is 5.63. The first-order valence-corrected chi connectivity index (χ1v) is 7.11. The number of nitrogens with zero attached hydrogens (tertiary/aromatic N) is 1. The van der Waals surface area contributed by atoms with E-state index < -0.39 is 5.60 Å². The number of nitrogens with two attached hydrogens (primary N) is 1. The maximum Gasteiger partial charge on any atom is 0.410 e. The monoisotopic (exact) mass is 287 g/mol. The molecule has 1 aliphatic carbocycles. The van der Waals surface area contributed by atoms with Gasteiger partial charge in [-0.3, -0.25) is 0 Å². The van der Waals surface area contributed by atoms with Gasteiger partial charge in [0.2, 0.25) is 0 Å². The number of rotatable bonds is 2. The van der Waals surface area contributed by atoms with E-state index in [1.807, 2.05) is 20.8 Å². The Morgan fingerprint density at radius 3 is 2.26 bits per heavy atom. The van der Waals surface area contributed by atoms with Crippen LogP contribution in [0.4, 0.5) is 4.79 Å². The van der Waals surface area contributed by atoms with Crippen LogP contribution in [0, 0.1) is 0 Å². The molecule has 0 bridgehead atoms. The molecule has 0 spiro atoms. The van der Waals surface area contributed by atoms with E-state index in [1.54, 1.807) is 11.9 Å². The van der Waals surface area contributed by atoms with E-state index in [2.05, 4.69) is 5.32 Å². The Bertz CT molecular complexity index is 333. The first-order chi connectivity index (χ1) is 8.69. The van der Waals surface area contributed by atoms with Crippen LogP contribution in [0.1, 0.15) is 46.5 Å². The maximum atomic E-state index is 12.0. The molecule has 0 aromatic heterocycles.